The summed E-state index contributed by atoms with van der Waals surface area (Å²) in [6.07, 6.45) is 3.74. The van der Waals surface area contributed by atoms with Gasteiger partial charge in [0.15, 0.2) is 0 Å². The molecule has 0 amide bonds. The van der Waals surface area contributed by atoms with Gasteiger partial charge in [0.25, 0.3) is 0 Å². The van der Waals surface area contributed by atoms with Crippen LogP contribution in [0.5, 0.6) is 0 Å². The minimum atomic E-state index is -0.872. The fourth-order valence-corrected chi connectivity index (χ4v) is 0.497. The summed E-state index contributed by atoms with van der Waals surface area (Å²) in [4.78, 5) is 10.1. The van der Waals surface area contributed by atoms with Crippen LogP contribution in [-0.2, 0) is 4.79 Å². The Morgan fingerprint density at radius 1 is 1.69 bits per heavy atom. The first-order valence-electron chi connectivity index (χ1n) is 4.01. The van der Waals surface area contributed by atoms with Gasteiger partial charge in [0, 0.05) is 11.6 Å². The minimum absolute atomic E-state index is 0.317. The van der Waals surface area contributed by atoms with Crippen molar-refractivity contribution in [2.75, 3.05) is 0 Å². The largest absolute Gasteiger partial charge is 0.478 e. The Morgan fingerprint density at radius 2 is 2.15 bits per heavy atom. The highest BCUT2D eigenvalue weighted by Gasteiger charge is 2.00. The molecule has 0 aromatic rings. The molecule has 3 heteroatoms. The number of carbonyl (C=O) groups is 1. The summed E-state index contributed by atoms with van der Waals surface area (Å²) in [5.41, 5.74) is 0.317. The summed E-state index contributed by atoms with van der Waals surface area (Å²) in [7, 11) is 0. The SMILES string of the molecule is C=C(CCCC)C(=O)O.C=CC#N. The van der Waals surface area contributed by atoms with Crippen molar-refractivity contribution in [2.45, 2.75) is 26.2 Å². The lowest BCUT2D eigenvalue weighted by molar-refractivity contribution is -0.132. The number of nitrogens with zero attached hydrogens (tertiary/aromatic N) is 1. The van der Waals surface area contributed by atoms with Crippen molar-refractivity contribution >= 4 is 5.97 Å². The van der Waals surface area contributed by atoms with E-state index in [4.69, 9.17) is 10.4 Å². The number of carboxylic acids is 1. The zero-order valence-corrected chi connectivity index (χ0v) is 7.92. The first-order chi connectivity index (χ1) is 6.09. The van der Waals surface area contributed by atoms with Crippen molar-refractivity contribution in [3.05, 3.63) is 24.8 Å². The predicted octanol–water partition coefficient (Wildman–Crippen LogP) is 2.51. The molecule has 0 bridgehead atoms. The third-order valence-electron chi connectivity index (χ3n) is 1.23. The van der Waals surface area contributed by atoms with Crippen LogP contribution < -0.4 is 0 Å². The maximum absolute atomic E-state index is 10.1. The van der Waals surface area contributed by atoms with Crippen LogP contribution in [-0.4, -0.2) is 11.1 Å². The molecular formula is C10H15NO2. The summed E-state index contributed by atoms with van der Waals surface area (Å²) in [5.74, 6) is -0.872. The van der Waals surface area contributed by atoms with Crippen molar-refractivity contribution < 1.29 is 9.90 Å². The molecule has 1 N–H and O–H groups in total. The zero-order valence-electron chi connectivity index (χ0n) is 7.92. The molecule has 0 atom stereocenters. The summed E-state index contributed by atoms with van der Waals surface area (Å²) in [6, 6.07) is 1.69. The van der Waals surface area contributed by atoms with Crippen molar-refractivity contribution in [1.29, 1.82) is 5.26 Å². The molecule has 0 aliphatic heterocycles. The second-order valence-electron chi connectivity index (χ2n) is 2.35. The van der Waals surface area contributed by atoms with Crippen LogP contribution in [0.4, 0.5) is 0 Å². The number of unbranched alkanes of at least 4 members (excludes halogenated alkanes) is 1. The van der Waals surface area contributed by atoms with E-state index in [0.29, 0.717) is 12.0 Å². The highest BCUT2D eigenvalue weighted by atomic mass is 16.4. The third kappa shape index (κ3) is 13.4. The topological polar surface area (TPSA) is 61.1 Å². The average Bonchev–Trinajstić information content (AvgIpc) is 2.14. The number of carboxylic acid groups (broad SMARTS) is 1. The molecule has 0 rings (SSSR count). The normalized spacial score (nSPS) is 7.38. The fourth-order valence-electron chi connectivity index (χ4n) is 0.497. The zero-order chi connectivity index (χ0) is 10.7. The van der Waals surface area contributed by atoms with Gasteiger partial charge in [-0.2, -0.15) is 5.26 Å². The summed E-state index contributed by atoms with van der Waals surface area (Å²) in [6.45, 7) is 8.53. The Balaban J connectivity index is 0. The van der Waals surface area contributed by atoms with E-state index in [0.717, 1.165) is 12.8 Å². The Labute approximate surface area is 79.0 Å². The van der Waals surface area contributed by atoms with Gasteiger partial charge in [0.2, 0.25) is 0 Å². The van der Waals surface area contributed by atoms with Gasteiger partial charge >= 0.3 is 5.97 Å². The lowest BCUT2D eigenvalue weighted by atomic mass is 10.1. The fraction of sp³-hybridized carbons (Fsp3) is 0.400. The second-order valence-corrected chi connectivity index (χ2v) is 2.35. The van der Waals surface area contributed by atoms with Gasteiger partial charge < -0.3 is 5.11 Å². The molecule has 0 fully saturated rings. The lowest BCUT2D eigenvalue weighted by Gasteiger charge is -1.95. The Kier molecular flexibility index (Phi) is 11.2. The average molecular weight is 181 g/mol. The van der Waals surface area contributed by atoms with E-state index in [2.05, 4.69) is 13.2 Å². The smallest absolute Gasteiger partial charge is 0.330 e. The Morgan fingerprint density at radius 3 is 2.38 bits per heavy atom. The highest BCUT2D eigenvalue weighted by molar-refractivity contribution is 5.85. The molecule has 0 aliphatic rings. The first kappa shape index (κ1) is 14.0. The van der Waals surface area contributed by atoms with E-state index >= 15 is 0 Å². The van der Waals surface area contributed by atoms with E-state index < -0.39 is 5.97 Å². The van der Waals surface area contributed by atoms with Gasteiger partial charge in [0.1, 0.15) is 0 Å². The van der Waals surface area contributed by atoms with Crippen LogP contribution in [0.25, 0.3) is 0 Å². The van der Waals surface area contributed by atoms with Crippen molar-refractivity contribution in [3.63, 3.8) is 0 Å². The van der Waals surface area contributed by atoms with E-state index in [-0.39, 0.29) is 0 Å². The van der Waals surface area contributed by atoms with Crippen LogP contribution >= 0.6 is 0 Å². The van der Waals surface area contributed by atoms with Crippen LogP contribution in [0.15, 0.2) is 24.8 Å². The van der Waals surface area contributed by atoms with Gasteiger partial charge in [-0.15, -0.1) is 0 Å². The van der Waals surface area contributed by atoms with Gasteiger partial charge in [0.05, 0.1) is 6.07 Å². The van der Waals surface area contributed by atoms with Crippen LogP contribution in [0.2, 0.25) is 0 Å². The van der Waals surface area contributed by atoms with Crippen LogP contribution in [0.3, 0.4) is 0 Å². The number of nitriles is 1. The number of hydrogen-bond donors (Lipinski definition) is 1. The Bertz CT molecular complexity index is 213. The molecule has 0 spiro atoms. The van der Waals surface area contributed by atoms with E-state index in [9.17, 15) is 4.79 Å². The van der Waals surface area contributed by atoms with Crippen molar-refractivity contribution in [2.24, 2.45) is 0 Å². The molecule has 0 aromatic carbocycles. The van der Waals surface area contributed by atoms with E-state index in [1.165, 1.54) is 6.08 Å². The van der Waals surface area contributed by atoms with Gasteiger partial charge in [-0.25, -0.2) is 4.79 Å². The highest BCUT2D eigenvalue weighted by Crippen LogP contribution is 2.03. The Hall–Kier alpha value is -1.56. The first-order valence-corrected chi connectivity index (χ1v) is 4.01. The molecule has 0 heterocycles. The molecule has 0 saturated carbocycles. The minimum Gasteiger partial charge on any atom is -0.478 e. The standard InChI is InChI=1S/C7H12O2.C3H3N/c1-3-4-5-6(2)7(8)9;1-2-3-4/h2-5H2,1H3,(H,8,9);2H,1H2. The molecule has 0 aliphatic carbocycles. The van der Waals surface area contributed by atoms with Crippen LogP contribution in [0, 0.1) is 11.3 Å². The van der Waals surface area contributed by atoms with Gasteiger partial charge in [-0.3, -0.25) is 0 Å². The van der Waals surface area contributed by atoms with Crippen molar-refractivity contribution in [3.8, 4) is 6.07 Å². The summed E-state index contributed by atoms with van der Waals surface area (Å²) < 4.78 is 0. The summed E-state index contributed by atoms with van der Waals surface area (Å²) in [5, 5.41) is 15.8. The molecular weight excluding hydrogens is 166 g/mol. The van der Waals surface area contributed by atoms with Crippen molar-refractivity contribution in [1.82, 2.24) is 0 Å². The molecule has 3 nitrogen and oxygen atoms in total. The predicted molar refractivity (Wildman–Crippen MR) is 52.1 cm³/mol. The molecule has 72 valence electrons. The maximum atomic E-state index is 10.1. The number of aliphatic carboxylic acids is 1. The molecule has 0 saturated heterocycles. The van der Waals surface area contributed by atoms with Gasteiger partial charge in [-0.1, -0.05) is 26.5 Å². The van der Waals surface area contributed by atoms with Gasteiger partial charge in [-0.05, 0) is 12.8 Å². The third-order valence-corrected chi connectivity index (χ3v) is 1.23. The molecule has 0 radical (unpaired) electrons. The molecule has 0 aromatic heterocycles. The maximum Gasteiger partial charge on any atom is 0.330 e. The molecule has 0 unspecified atom stereocenters. The van der Waals surface area contributed by atoms with Crippen LogP contribution in [0.1, 0.15) is 26.2 Å². The molecule has 13 heavy (non-hydrogen) atoms. The van der Waals surface area contributed by atoms with E-state index in [1.807, 2.05) is 6.92 Å². The van der Waals surface area contributed by atoms with E-state index in [1.54, 1.807) is 6.07 Å². The number of rotatable bonds is 4. The monoisotopic (exact) mass is 181 g/mol. The quantitative estimate of drug-likeness (QED) is 0.535. The summed E-state index contributed by atoms with van der Waals surface area (Å²) >= 11 is 0. The number of hydrogen-bond acceptors (Lipinski definition) is 2. The lowest BCUT2D eigenvalue weighted by Crippen LogP contribution is -1.97. The number of allylic oxidation sites excluding steroid dienone is 1. The second kappa shape index (κ2) is 10.4.